The van der Waals surface area contributed by atoms with Gasteiger partial charge < -0.3 is 19.3 Å². The standard InChI is InChI=1S/C30H34O5/c1-2-8-23-20-28(35-26-9-4-3-5-10-26)15-16-29(23)34-18-7-6-17-33-27-14-13-22-11-12-24(30(31)32)19-25(22)21-27/h3-5,9-10,13-16,20-21,24H,2,6-8,11-12,17-19H2,1H3,(H,31,32). The largest absolute Gasteiger partial charge is 0.494 e. The van der Waals surface area contributed by atoms with Gasteiger partial charge in [0.15, 0.2) is 0 Å². The van der Waals surface area contributed by atoms with Crippen LogP contribution in [-0.4, -0.2) is 24.3 Å². The SMILES string of the molecule is CCCc1cc(Oc2ccccc2)ccc1OCCCCOc1ccc2c(c1)CC(C(=O)O)CC2. The summed E-state index contributed by atoms with van der Waals surface area (Å²) in [5.41, 5.74) is 3.50. The number of unbranched alkanes of at least 4 members (excludes halogenated alkanes) is 1. The lowest BCUT2D eigenvalue weighted by atomic mass is 9.84. The van der Waals surface area contributed by atoms with E-state index < -0.39 is 5.97 Å². The van der Waals surface area contributed by atoms with Crippen LogP contribution >= 0.6 is 0 Å². The third-order valence-corrected chi connectivity index (χ3v) is 6.35. The van der Waals surface area contributed by atoms with E-state index in [4.69, 9.17) is 14.2 Å². The average molecular weight is 475 g/mol. The summed E-state index contributed by atoms with van der Waals surface area (Å²) in [7, 11) is 0. The molecule has 5 nitrogen and oxygen atoms in total. The summed E-state index contributed by atoms with van der Waals surface area (Å²) in [6.07, 6.45) is 5.87. The van der Waals surface area contributed by atoms with Crippen molar-refractivity contribution in [1.82, 2.24) is 0 Å². The van der Waals surface area contributed by atoms with Gasteiger partial charge in [-0.25, -0.2) is 0 Å². The minimum absolute atomic E-state index is 0.286. The molecule has 1 atom stereocenters. The fourth-order valence-electron chi connectivity index (χ4n) is 4.46. The molecule has 4 rings (SSSR count). The van der Waals surface area contributed by atoms with E-state index in [0.717, 1.165) is 66.2 Å². The molecule has 5 heteroatoms. The first-order valence-corrected chi connectivity index (χ1v) is 12.6. The van der Waals surface area contributed by atoms with E-state index in [-0.39, 0.29) is 5.92 Å². The van der Waals surface area contributed by atoms with Gasteiger partial charge in [-0.05, 0) is 97.7 Å². The molecule has 0 heterocycles. The van der Waals surface area contributed by atoms with Gasteiger partial charge in [0.05, 0.1) is 19.1 Å². The number of aliphatic carboxylic acids is 1. The minimum Gasteiger partial charge on any atom is -0.494 e. The zero-order valence-corrected chi connectivity index (χ0v) is 20.4. The molecule has 3 aromatic carbocycles. The van der Waals surface area contributed by atoms with E-state index in [1.165, 1.54) is 5.56 Å². The first-order valence-electron chi connectivity index (χ1n) is 12.6. The Balaban J connectivity index is 1.22. The van der Waals surface area contributed by atoms with Crippen molar-refractivity contribution < 1.29 is 24.1 Å². The Morgan fingerprint density at radius 1 is 0.886 bits per heavy atom. The van der Waals surface area contributed by atoms with Gasteiger partial charge in [-0.1, -0.05) is 37.6 Å². The molecular weight excluding hydrogens is 440 g/mol. The van der Waals surface area contributed by atoms with Crippen LogP contribution in [0.1, 0.15) is 49.3 Å². The number of ether oxygens (including phenoxy) is 3. The summed E-state index contributed by atoms with van der Waals surface area (Å²) >= 11 is 0. The topological polar surface area (TPSA) is 65.0 Å². The van der Waals surface area contributed by atoms with Crippen LogP contribution in [0.3, 0.4) is 0 Å². The van der Waals surface area contributed by atoms with Crippen LogP contribution in [0.2, 0.25) is 0 Å². The predicted molar refractivity (Wildman–Crippen MR) is 137 cm³/mol. The maximum Gasteiger partial charge on any atom is 0.306 e. The van der Waals surface area contributed by atoms with Crippen LogP contribution < -0.4 is 14.2 Å². The Hall–Kier alpha value is -3.47. The molecule has 0 saturated carbocycles. The highest BCUT2D eigenvalue weighted by atomic mass is 16.5. The lowest BCUT2D eigenvalue weighted by molar-refractivity contribution is -0.142. The van der Waals surface area contributed by atoms with Gasteiger partial charge in [0, 0.05) is 0 Å². The second-order valence-electron chi connectivity index (χ2n) is 9.05. The van der Waals surface area contributed by atoms with Crippen molar-refractivity contribution in [3.05, 3.63) is 83.4 Å². The number of hydrogen-bond donors (Lipinski definition) is 1. The van der Waals surface area contributed by atoms with Crippen molar-refractivity contribution in [2.45, 2.75) is 51.9 Å². The quantitative estimate of drug-likeness (QED) is 0.291. The molecule has 0 spiro atoms. The number of carboxylic acid groups (broad SMARTS) is 1. The Morgan fingerprint density at radius 3 is 2.43 bits per heavy atom. The van der Waals surface area contributed by atoms with Crippen LogP contribution in [0.25, 0.3) is 0 Å². The van der Waals surface area contributed by atoms with Gasteiger partial charge in [-0.2, -0.15) is 0 Å². The number of hydrogen-bond acceptors (Lipinski definition) is 4. The lowest BCUT2D eigenvalue weighted by Crippen LogP contribution is -2.22. The zero-order valence-electron chi connectivity index (χ0n) is 20.4. The van der Waals surface area contributed by atoms with Crippen molar-refractivity contribution in [2.75, 3.05) is 13.2 Å². The average Bonchev–Trinajstić information content (AvgIpc) is 2.87. The molecule has 3 aromatic rings. The highest BCUT2D eigenvalue weighted by Crippen LogP contribution is 2.30. The van der Waals surface area contributed by atoms with Crippen molar-refractivity contribution in [3.63, 3.8) is 0 Å². The monoisotopic (exact) mass is 474 g/mol. The van der Waals surface area contributed by atoms with Crippen molar-refractivity contribution in [1.29, 1.82) is 0 Å². The molecule has 0 aliphatic heterocycles. The summed E-state index contributed by atoms with van der Waals surface area (Å²) in [5, 5.41) is 9.31. The van der Waals surface area contributed by atoms with Gasteiger partial charge in [0.2, 0.25) is 0 Å². The smallest absolute Gasteiger partial charge is 0.306 e. The lowest BCUT2D eigenvalue weighted by Gasteiger charge is -2.22. The fourth-order valence-corrected chi connectivity index (χ4v) is 4.46. The molecule has 1 N–H and O–H groups in total. The Kier molecular flexibility index (Phi) is 8.66. The number of benzene rings is 3. The molecule has 0 fully saturated rings. The molecule has 0 amide bonds. The van der Waals surface area contributed by atoms with E-state index in [1.807, 2.05) is 54.6 Å². The number of aryl methyl sites for hydroxylation is 2. The number of rotatable bonds is 12. The Morgan fingerprint density at radius 2 is 1.66 bits per heavy atom. The second kappa shape index (κ2) is 12.3. The van der Waals surface area contributed by atoms with Gasteiger partial charge >= 0.3 is 5.97 Å². The zero-order chi connectivity index (χ0) is 24.5. The maximum absolute atomic E-state index is 11.3. The van der Waals surface area contributed by atoms with Crippen LogP contribution in [0.4, 0.5) is 0 Å². The third-order valence-electron chi connectivity index (χ3n) is 6.35. The molecule has 1 aliphatic carbocycles. The van der Waals surface area contributed by atoms with Crippen LogP contribution in [0.5, 0.6) is 23.0 Å². The summed E-state index contributed by atoms with van der Waals surface area (Å²) in [4.78, 5) is 11.3. The van der Waals surface area contributed by atoms with E-state index in [2.05, 4.69) is 19.1 Å². The third kappa shape index (κ3) is 7.01. The van der Waals surface area contributed by atoms with E-state index in [1.54, 1.807) is 0 Å². The number of carboxylic acids is 1. The first-order chi connectivity index (χ1) is 17.1. The maximum atomic E-state index is 11.3. The Bertz CT molecular complexity index is 1110. The normalized spacial score (nSPS) is 14.7. The molecule has 0 saturated heterocycles. The van der Waals surface area contributed by atoms with E-state index >= 15 is 0 Å². The molecule has 184 valence electrons. The van der Waals surface area contributed by atoms with Crippen molar-refractivity contribution in [2.24, 2.45) is 5.92 Å². The summed E-state index contributed by atoms with van der Waals surface area (Å²) in [5.74, 6) is 2.38. The van der Waals surface area contributed by atoms with E-state index in [9.17, 15) is 9.90 Å². The van der Waals surface area contributed by atoms with E-state index in [0.29, 0.717) is 26.1 Å². The molecule has 0 bridgehead atoms. The molecule has 1 aliphatic rings. The fraction of sp³-hybridized carbons (Fsp3) is 0.367. The number of para-hydroxylation sites is 1. The summed E-state index contributed by atoms with van der Waals surface area (Å²) < 4.78 is 18.0. The van der Waals surface area contributed by atoms with Gasteiger partial charge in [-0.15, -0.1) is 0 Å². The highest BCUT2D eigenvalue weighted by Gasteiger charge is 2.24. The molecule has 1 unspecified atom stereocenters. The van der Waals surface area contributed by atoms with Crippen LogP contribution in [0.15, 0.2) is 66.7 Å². The highest BCUT2D eigenvalue weighted by molar-refractivity contribution is 5.71. The van der Waals surface area contributed by atoms with Crippen molar-refractivity contribution >= 4 is 5.97 Å². The summed E-state index contributed by atoms with van der Waals surface area (Å²) in [6, 6.07) is 21.9. The number of carbonyl (C=O) groups is 1. The van der Waals surface area contributed by atoms with Gasteiger partial charge in [0.25, 0.3) is 0 Å². The molecule has 0 aromatic heterocycles. The summed E-state index contributed by atoms with van der Waals surface area (Å²) in [6.45, 7) is 3.40. The molecular formula is C30H34O5. The van der Waals surface area contributed by atoms with Gasteiger partial charge in [-0.3, -0.25) is 4.79 Å². The Labute approximate surface area is 207 Å². The first kappa shape index (κ1) is 24.6. The molecule has 35 heavy (non-hydrogen) atoms. The van der Waals surface area contributed by atoms with Gasteiger partial charge in [0.1, 0.15) is 23.0 Å². The minimum atomic E-state index is -0.706. The van der Waals surface area contributed by atoms with Crippen LogP contribution in [0, 0.1) is 5.92 Å². The van der Waals surface area contributed by atoms with Crippen LogP contribution in [-0.2, 0) is 24.1 Å². The van der Waals surface area contributed by atoms with Crippen molar-refractivity contribution in [3.8, 4) is 23.0 Å². The second-order valence-corrected chi connectivity index (χ2v) is 9.05. The molecule has 0 radical (unpaired) electrons. The predicted octanol–water partition coefficient (Wildman–Crippen LogP) is 6.86. The number of fused-ring (bicyclic) bond motifs is 1.